The zero-order chi connectivity index (χ0) is 20.4. The molecule has 3 nitrogen and oxygen atoms in total. The van der Waals surface area contributed by atoms with Crippen LogP contribution >= 0.6 is 11.8 Å². The summed E-state index contributed by atoms with van der Waals surface area (Å²) in [6.07, 6.45) is 8.84. The summed E-state index contributed by atoms with van der Waals surface area (Å²) < 4.78 is 65.6. The number of benzene rings is 1. The summed E-state index contributed by atoms with van der Waals surface area (Å²) >= 11 is 1.72. The van der Waals surface area contributed by atoms with Gasteiger partial charge >= 0.3 is 12.3 Å². The summed E-state index contributed by atoms with van der Waals surface area (Å²) in [4.78, 5) is 0. The van der Waals surface area contributed by atoms with E-state index in [1.165, 1.54) is 12.1 Å². The fraction of sp³-hybridized carbons (Fsp3) is 0.400. The topological polar surface area (TPSA) is 27.7 Å². The van der Waals surface area contributed by atoms with Gasteiger partial charge in [0.25, 0.3) is 0 Å². The van der Waals surface area contributed by atoms with Crippen molar-refractivity contribution >= 4 is 17.8 Å². The molecule has 0 aliphatic carbocycles. The molecule has 0 spiro atoms. The monoisotopic (exact) mass is 418 g/mol. The maximum absolute atomic E-state index is 12.8. The Morgan fingerprint density at radius 1 is 1.11 bits per heavy atom. The van der Waals surface area contributed by atoms with Crippen LogP contribution in [-0.4, -0.2) is 50.0 Å². The number of thioether (sulfide) groups is 1. The molecule has 154 valence electrons. The van der Waals surface area contributed by atoms with Gasteiger partial charge in [-0.3, -0.25) is 0 Å². The van der Waals surface area contributed by atoms with Gasteiger partial charge in [0.05, 0.1) is 18.5 Å². The molecule has 8 heteroatoms. The quantitative estimate of drug-likeness (QED) is 0.407. The molecule has 1 aliphatic rings. The number of rotatable bonds is 9. The van der Waals surface area contributed by atoms with Crippen molar-refractivity contribution in [2.45, 2.75) is 23.9 Å². The Bertz CT molecular complexity index is 667. The minimum Gasteiger partial charge on any atom is -0.487 e. The molecular formula is C20H22F4O3S. The first kappa shape index (κ1) is 22.5. The van der Waals surface area contributed by atoms with Gasteiger partial charge in [-0.25, -0.2) is 8.78 Å². The molecule has 0 atom stereocenters. The van der Waals surface area contributed by atoms with E-state index in [0.717, 1.165) is 5.56 Å². The Kier molecular flexibility index (Phi) is 9.08. The van der Waals surface area contributed by atoms with Crippen LogP contribution in [0.5, 0.6) is 5.75 Å². The fourth-order valence-electron chi connectivity index (χ4n) is 2.12. The first-order valence-corrected chi connectivity index (χ1v) is 9.86. The van der Waals surface area contributed by atoms with Gasteiger partial charge in [0.1, 0.15) is 5.75 Å². The third kappa shape index (κ3) is 7.69. The standard InChI is InChI=1S/C20H22F4O3S/c1-28-17-12-25-18(26-13-17)7-5-3-2-4-6-15-8-10-16(11-9-15)27-14-20(23,24)19(21)22/h2-11,17-19H,12-14H2,1H3/b3-2+,6-4+,7-5+. The van der Waals surface area contributed by atoms with Gasteiger partial charge in [0, 0.05) is 0 Å². The summed E-state index contributed by atoms with van der Waals surface area (Å²) in [7, 11) is 0. The zero-order valence-corrected chi connectivity index (χ0v) is 16.1. The SMILES string of the molecule is CSC1COC(/C=C/C=C/C=C/c2ccc(OCC(F)(F)C(F)F)cc2)OC1. The molecule has 1 heterocycles. The lowest BCUT2D eigenvalue weighted by molar-refractivity contribution is -0.148. The Morgan fingerprint density at radius 3 is 2.36 bits per heavy atom. The van der Waals surface area contributed by atoms with Crippen LogP contribution in [0.2, 0.25) is 0 Å². The van der Waals surface area contributed by atoms with Gasteiger partial charge in [0.15, 0.2) is 12.9 Å². The van der Waals surface area contributed by atoms with E-state index in [0.29, 0.717) is 18.5 Å². The predicted octanol–water partition coefficient (Wildman–Crippen LogP) is 5.20. The summed E-state index contributed by atoms with van der Waals surface area (Å²) in [5, 5.41) is 0.376. The molecule has 1 saturated heterocycles. The molecule has 0 N–H and O–H groups in total. The Morgan fingerprint density at radius 2 is 1.75 bits per heavy atom. The third-order valence-electron chi connectivity index (χ3n) is 3.75. The van der Waals surface area contributed by atoms with Gasteiger partial charge in [-0.2, -0.15) is 20.5 Å². The highest BCUT2D eigenvalue weighted by Gasteiger charge is 2.41. The minimum absolute atomic E-state index is 0.104. The molecule has 0 amide bonds. The molecule has 0 aromatic heterocycles. The molecule has 28 heavy (non-hydrogen) atoms. The average molecular weight is 418 g/mol. The predicted molar refractivity (Wildman–Crippen MR) is 103 cm³/mol. The van der Waals surface area contributed by atoms with E-state index >= 15 is 0 Å². The highest BCUT2D eigenvalue weighted by atomic mass is 32.2. The highest BCUT2D eigenvalue weighted by Crippen LogP contribution is 2.24. The fourth-order valence-corrected chi connectivity index (χ4v) is 2.54. The largest absolute Gasteiger partial charge is 0.487 e. The van der Waals surface area contributed by atoms with Crippen LogP contribution in [0, 0.1) is 0 Å². The van der Waals surface area contributed by atoms with E-state index in [1.54, 1.807) is 36.0 Å². The lowest BCUT2D eigenvalue weighted by Gasteiger charge is -2.26. The van der Waals surface area contributed by atoms with Crippen molar-refractivity contribution in [1.29, 1.82) is 0 Å². The van der Waals surface area contributed by atoms with Gasteiger partial charge in [-0.15, -0.1) is 0 Å². The number of halogens is 4. The van der Waals surface area contributed by atoms with E-state index in [2.05, 4.69) is 0 Å². The Balaban J connectivity index is 1.73. The van der Waals surface area contributed by atoms with Gasteiger partial charge in [0.2, 0.25) is 0 Å². The Labute approximate surface area is 166 Å². The van der Waals surface area contributed by atoms with Gasteiger partial charge < -0.3 is 14.2 Å². The second kappa shape index (κ2) is 11.3. The van der Waals surface area contributed by atoms with Crippen LogP contribution in [0.3, 0.4) is 0 Å². The maximum atomic E-state index is 12.8. The molecule has 1 aromatic rings. The normalized spacial score (nSPS) is 21.4. The van der Waals surface area contributed by atoms with Crippen molar-refractivity contribution in [2.75, 3.05) is 26.1 Å². The van der Waals surface area contributed by atoms with Crippen molar-refractivity contribution in [2.24, 2.45) is 0 Å². The minimum atomic E-state index is -4.17. The number of allylic oxidation sites excluding steroid dienone is 4. The van der Waals surface area contributed by atoms with E-state index < -0.39 is 19.0 Å². The highest BCUT2D eigenvalue weighted by molar-refractivity contribution is 7.99. The van der Waals surface area contributed by atoms with E-state index in [1.807, 2.05) is 30.6 Å². The van der Waals surface area contributed by atoms with Crippen molar-refractivity contribution in [3.05, 3.63) is 60.2 Å². The number of alkyl halides is 4. The lowest BCUT2D eigenvalue weighted by Crippen LogP contribution is -2.33. The van der Waals surface area contributed by atoms with E-state index in [-0.39, 0.29) is 12.0 Å². The Hall–Kier alpha value is -1.77. The van der Waals surface area contributed by atoms with Crippen LogP contribution < -0.4 is 4.74 Å². The number of hydrogen-bond acceptors (Lipinski definition) is 4. The second-order valence-corrected chi connectivity index (χ2v) is 7.08. The molecule has 0 saturated carbocycles. The summed E-state index contributed by atoms with van der Waals surface area (Å²) in [6.45, 7) is -0.0279. The van der Waals surface area contributed by atoms with Crippen LogP contribution in [0.4, 0.5) is 17.6 Å². The first-order valence-electron chi connectivity index (χ1n) is 8.57. The van der Waals surface area contributed by atoms with Crippen molar-refractivity contribution in [1.82, 2.24) is 0 Å². The van der Waals surface area contributed by atoms with Crippen molar-refractivity contribution < 1.29 is 31.8 Å². The van der Waals surface area contributed by atoms with Crippen LogP contribution in [0.25, 0.3) is 6.08 Å². The molecule has 1 aliphatic heterocycles. The summed E-state index contributed by atoms with van der Waals surface area (Å²) in [5.74, 6) is -4.06. The van der Waals surface area contributed by atoms with Crippen LogP contribution in [0.1, 0.15) is 5.56 Å². The molecular weight excluding hydrogens is 396 g/mol. The van der Waals surface area contributed by atoms with Crippen molar-refractivity contribution in [3.63, 3.8) is 0 Å². The first-order chi connectivity index (χ1) is 13.4. The van der Waals surface area contributed by atoms with E-state index in [9.17, 15) is 17.6 Å². The third-order valence-corrected chi connectivity index (χ3v) is 4.69. The summed E-state index contributed by atoms with van der Waals surface area (Å²) in [6, 6.07) is 6.18. The lowest BCUT2D eigenvalue weighted by atomic mass is 10.2. The van der Waals surface area contributed by atoms with E-state index in [4.69, 9.17) is 14.2 Å². The molecule has 2 rings (SSSR count). The van der Waals surface area contributed by atoms with Crippen LogP contribution in [-0.2, 0) is 9.47 Å². The second-order valence-electron chi connectivity index (χ2n) is 5.94. The van der Waals surface area contributed by atoms with Gasteiger partial charge in [-0.05, 0) is 30.0 Å². The number of ether oxygens (including phenoxy) is 3. The molecule has 0 unspecified atom stereocenters. The molecule has 1 aromatic carbocycles. The summed E-state index contributed by atoms with van der Waals surface area (Å²) in [5.41, 5.74) is 0.809. The molecule has 1 fully saturated rings. The van der Waals surface area contributed by atoms with Crippen LogP contribution in [0.15, 0.2) is 54.6 Å². The smallest absolute Gasteiger partial charge is 0.340 e. The van der Waals surface area contributed by atoms with Gasteiger partial charge in [-0.1, -0.05) is 42.5 Å². The molecule has 0 radical (unpaired) electrons. The number of hydrogen-bond donors (Lipinski definition) is 0. The molecule has 0 bridgehead atoms. The zero-order valence-electron chi connectivity index (χ0n) is 15.3. The average Bonchev–Trinajstić information content (AvgIpc) is 2.70. The van der Waals surface area contributed by atoms with Crippen molar-refractivity contribution in [3.8, 4) is 5.75 Å². The maximum Gasteiger partial charge on any atom is 0.340 e.